The summed E-state index contributed by atoms with van der Waals surface area (Å²) in [6.45, 7) is 5.68. The molecule has 1 amide bonds. The third-order valence-electron chi connectivity index (χ3n) is 2.57. The minimum absolute atomic E-state index is 0.0608. The number of carbonyl (C=O) groups is 1. The Balaban J connectivity index is 2.44. The molecule has 0 aliphatic carbocycles. The molecule has 1 aliphatic rings. The molecule has 120 valence electrons. The van der Waals surface area contributed by atoms with Crippen molar-refractivity contribution in [2.24, 2.45) is 0 Å². The van der Waals surface area contributed by atoms with E-state index in [-0.39, 0.29) is 23.7 Å². The second-order valence-electron chi connectivity index (χ2n) is 5.49. The van der Waals surface area contributed by atoms with Crippen molar-refractivity contribution in [1.82, 2.24) is 0 Å². The summed E-state index contributed by atoms with van der Waals surface area (Å²) in [5, 5.41) is 13.6. The van der Waals surface area contributed by atoms with Crippen LogP contribution >= 0.6 is 22.6 Å². The number of rotatable bonds is 2. The number of nitrogens with zero attached hydrogens (tertiary/aromatic N) is 1. The maximum Gasteiger partial charge on any atom is 0.412 e. The van der Waals surface area contributed by atoms with Gasteiger partial charge in [-0.15, -0.1) is 0 Å². The lowest BCUT2D eigenvalue weighted by Gasteiger charge is -2.23. The van der Waals surface area contributed by atoms with E-state index in [1.165, 1.54) is 6.07 Å². The molecule has 1 aliphatic heterocycles. The molecule has 0 atom stereocenters. The molecule has 2 rings (SSSR count). The minimum Gasteiger partial charge on any atom is -0.485 e. The van der Waals surface area contributed by atoms with Gasteiger partial charge in [0.25, 0.3) is 5.69 Å². The van der Waals surface area contributed by atoms with Crippen molar-refractivity contribution in [1.29, 1.82) is 0 Å². The topological polar surface area (TPSA) is 99.9 Å². The van der Waals surface area contributed by atoms with Crippen LogP contribution in [0.25, 0.3) is 0 Å². The fourth-order valence-corrected chi connectivity index (χ4v) is 2.52. The Kier molecular flexibility index (Phi) is 4.63. The lowest BCUT2D eigenvalue weighted by Crippen LogP contribution is -2.28. The van der Waals surface area contributed by atoms with Gasteiger partial charge in [0.15, 0.2) is 17.2 Å². The molecule has 1 heterocycles. The smallest absolute Gasteiger partial charge is 0.412 e. The second kappa shape index (κ2) is 6.15. The van der Waals surface area contributed by atoms with E-state index in [1.807, 2.05) is 22.6 Å². The number of nitrogens with one attached hydrogen (secondary N) is 1. The summed E-state index contributed by atoms with van der Waals surface area (Å²) in [6, 6.07) is 1.32. The molecule has 1 N–H and O–H groups in total. The van der Waals surface area contributed by atoms with Gasteiger partial charge < -0.3 is 14.2 Å². The zero-order valence-electron chi connectivity index (χ0n) is 12.3. The molecular weight excluding hydrogens is 407 g/mol. The number of fused-ring (bicyclic) bond motifs is 1. The second-order valence-corrected chi connectivity index (χ2v) is 6.65. The molecule has 0 radical (unpaired) electrons. The van der Waals surface area contributed by atoms with Gasteiger partial charge in [0, 0.05) is 6.07 Å². The molecule has 9 heteroatoms. The summed E-state index contributed by atoms with van der Waals surface area (Å²) in [5.41, 5.74) is -1.06. The van der Waals surface area contributed by atoms with Crippen LogP contribution in [0.1, 0.15) is 20.8 Å². The Hall–Kier alpha value is -1.78. The summed E-state index contributed by atoms with van der Waals surface area (Å²) in [6.07, 6.45) is -0.798. The van der Waals surface area contributed by atoms with E-state index in [2.05, 4.69) is 5.32 Å². The summed E-state index contributed by atoms with van der Waals surface area (Å²) in [4.78, 5) is 22.6. The lowest BCUT2D eigenvalue weighted by molar-refractivity contribution is -0.384. The van der Waals surface area contributed by atoms with Crippen LogP contribution in [-0.2, 0) is 4.74 Å². The van der Waals surface area contributed by atoms with Crippen molar-refractivity contribution < 1.29 is 23.9 Å². The van der Waals surface area contributed by atoms with E-state index in [0.29, 0.717) is 15.9 Å². The molecule has 0 saturated heterocycles. The minimum atomic E-state index is -0.798. The highest BCUT2D eigenvalue weighted by Crippen LogP contribution is 2.46. The van der Waals surface area contributed by atoms with Crippen molar-refractivity contribution in [2.45, 2.75) is 26.4 Å². The normalized spacial score (nSPS) is 13.5. The molecule has 0 spiro atoms. The number of carbonyl (C=O) groups excluding carboxylic acids is 1. The first-order chi connectivity index (χ1) is 10.2. The van der Waals surface area contributed by atoms with Gasteiger partial charge in [0.05, 0.1) is 8.49 Å². The zero-order chi connectivity index (χ0) is 16.5. The molecule has 0 fully saturated rings. The van der Waals surface area contributed by atoms with Crippen molar-refractivity contribution >= 4 is 40.1 Å². The van der Waals surface area contributed by atoms with E-state index < -0.39 is 16.6 Å². The van der Waals surface area contributed by atoms with Crippen LogP contribution in [0.15, 0.2) is 6.07 Å². The van der Waals surface area contributed by atoms with Gasteiger partial charge in [-0.25, -0.2) is 4.79 Å². The Morgan fingerprint density at radius 2 is 1.95 bits per heavy atom. The number of amides is 1. The van der Waals surface area contributed by atoms with Crippen LogP contribution in [0.4, 0.5) is 16.2 Å². The Morgan fingerprint density at radius 3 is 2.50 bits per heavy atom. The number of nitro groups is 1. The first-order valence-corrected chi connectivity index (χ1v) is 7.53. The monoisotopic (exact) mass is 422 g/mol. The quantitative estimate of drug-likeness (QED) is 0.446. The van der Waals surface area contributed by atoms with E-state index in [4.69, 9.17) is 14.2 Å². The van der Waals surface area contributed by atoms with E-state index in [1.54, 1.807) is 20.8 Å². The van der Waals surface area contributed by atoms with Crippen LogP contribution in [-0.4, -0.2) is 29.8 Å². The maximum absolute atomic E-state index is 11.9. The number of hydrogen-bond donors (Lipinski definition) is 1. The van der Waals surface area contributed by atoms with Crippen molar-refractivity contribution in [3.05, 3.63) is 19.8 Å². The molecule has 0 aromatic heterocycles. The van der Waals surface area contributed by atoms with Crippen molar-refractivity contribution in [2.75, 3.05) is 18.5 Å². The van der Waals surface area contributed by atoms with Gasteiger partial charge in [-0.2, -0.15) is 0 Å². The average molecular weight is 422 g/mol. The van der Waals surface area contributed by atoms with Gasteiger partial charge in [-0.3, -0.25) is 15.4 Å². The molecule has 8 nitrogen and oxygen atoms in total. The van der Waals surface area contributed by atoms with Crippen LogP contribution in [0.2, 0.25) is 0 Å². The Labute approximate surface area is 140 Å². The molecule has 22 heavy (non-hydrogen) atoms. The third-order valence-corrected chi connectivity index (χ3v) is 3.37. The van der Waals surface area contributed by atoms with Gasteiger partial charge in [0.1, 0.15) is 18.8 Å². The van der Waals surface area contributed by atoms with Crippen LogP contribution in [0.5, 0.6) is 11.5 Å². The first kappa shape index (κ1) is 16.6. The highest BCUT2D eigenvalue weighted by Gasteiger charge is 2.30. The van der Waals surface area contributed by atoms with Crippen molar-refractivity contribution in [3.8, 4) is 11.5 Å². The van der Waals surface area contributed by atoms with Crippen molar-refractivity contribution in [3.63, 3.8) is 0 Å². The fraction of sp³-hybridized carbons (Fsp3) is 0.462. The molecular formula is C13H15IN2O6. The van der Waals surface area contributed by atoms with Gasteiger partial charge >= 0.3 is 6.09 Å². The molecule has 0 saturated carbocycles. The largest absolute Gasteiger partial charge is 0.485 e. The number of ether oxygens (including phenoxy) is 3. The highest BCUT2D eigenvalue weighted by molar-refractivity contribution is 14.1. The number of benzene rings is 1. The van der Waals surface area contributed by atoms with E-state index in [9.17, 15) is 14.9 Å². The maximum atomic E-state index is 11.9. The molecule has 1 aromatic rings. The lowest BCUT2D eigenvalue weighted by atomic mass is 10.2. The van der Waals surface area contributed by atoms with Crippen LogP contribution in [0.3, 0.4) is 0 Å². The summed E-state index contributed by atoms with van der Waals surface area (Å²) < 4.78 is 16.6. The van der Waals surface area contributed by atoms with Gasteiger partial charge in [-0.05, 0) is 43.4 Å². The standard InChI is InChI=1S/C13H15IN2O6/c1-13(2,3)22-12(17)15-9-8(16(18)19)6-7(14)10-11(9)21-5-4-20-10/h6H,4-5H2,1-3H3,(H,15,17). The predicted molar refractivity (Wildman–Crippen MR) is 86.7 cm³/mol. The zero-order valence-corrected chi connectivity index (χ0v) is 14.4. The summed E-state index contributed by atoms with van der Waals surface area (Å²) in [5.74, 6) is 0.527. The highest BCUT2D eigenvalue weighted by atomic mass is 127. The Bertz CT molecular complexity index is 626. The fourth-order valence-electron chi connectivity index (χ4n) is 1.83. The van der Waals surface area contributed by atoms with E-state index >= 15 is 0 Å². The molecule has 0 bridgehead atoms. The Morgan fingerprint density at radius 1 is 1.36 bits per heavy atom. The molecule has 1 aromatic carbocycles. The number of anilines is 1. The predicted octanol–water partition coefficient (Wildman–Crippen LogP) is 3.32. The van der Waals surface area contributed by atoms with Crippen LogP contribution < -0.4 is 14.8 Å². The van der Waals surface area contributed by atoms with Gasteiger partial charge in [0.2, 0.25) is 0 Å². The average Bonchev–Trinajstić information content (AvgIpc) is 2.39. The first-order valence-electron chi connectivity index (χ1n) is 6.45. The third kappa shape index (κ3) is 3.70. The molecule has 0 unspecified atom stereocenters. The number of halogens is 1. The summed E-state index contributed by atoms with van der Waals surface area (Å²) >= 11 is 1.92. The van der Waals surface area contributed by atoms with E-state index in [0.717, 1.165) is 0 Å². The van der Waals surface area contributed by atoms with Crippen LogP contribution in [0, 0.1) is 13.7 Å². The SMILES string of the molecule is CC(C)(C)OC(=O)Nc1c([N+](=O)[O-])cc(I)c2c1OCCO2. The summed E-state index contributed by atoms with van der Waals surface area (Å²) in [7, 11) is 0. The van der Waals surface area contributed by atoms with Gasteiger partial charge in [-0.1, -0.05) is 0 Å². The number of nitro benzene ring substituents is 1. The number of hydrogen-bond acceptors (Lipinski definition) is 6.